The van der Waals surface area contributed by atoms with Gasteiger partial charge in [-0.15, -0.1) is 11.3 Å². The van der Waals surface area contributed by atoms with Crippen LogP contribution in [0.4, 0.5) is 0 Å². The van der Waals surface area contributed by atoms with Crippen LogP contribution in [0, 0.1) is 6.92 Å². The Morgan fingerprint density at radius 3 is 2.94 bits per heavy atom. The second kappa shape index (κ2) is 4.71. The Morgan fingerprint density at radius 2 is 2.31 bits per heavy atom. The van der Waals surface area contributed by atoms with Crippen molar-refractivity contribution >= 4 is 11.3 Å². The van der Waals surface area contributed by atoms with E-state index in [9.17, 15) is 0 Å². The lowest BCUT2D eigenvalue weighted by atomic mass is 10.2. The minimum atomic E-state index is -0.390. The molecule has 0 spiro atoms. The van der Waals surface area contributed by atoms with E-state index in [1.807, 2.05) is 12.3 Å². The molecule has 0 bridgehead atoms. The van der Waals surface area contributed by atoms with Crippen molar-refractivity contribution < 1.29 is 4.52 Å². The lowest BCUT2D eigenvalue weighted by molar-refractivity contribution is 0.370. The molecule has 0 amide bonds. The van der Waals surface area contributed by atoms with E-state index in [-0.39, 0.29) is 6.04 Å². The predicted molar refractivity (Wildman–Crippen MR) is 61.2 cm³/mol. The lowest BCUT2D eigenvalue weighted by Crippen LogP contribution is -2.14. The van der Waals surface area contributed by atoms with Gasteiger partial charge >= 0.3 is 0 Å². The summed E-state index contributed by atoms with van der Waals surface area (Å²) in [5.41, 5.74) is 6.80. The molecule has 0 aliphatic rings. The number of aryl methyl sites for hydroxylation is 2. The van der Waals surface area contributed by atoms with Crippen LogP contribution in [0.2, 0.25) is 0 Å². The summed E-state index contributed by atoms with van der Waals surface area (Å²) < 4.78 is 5.09. The maximum Gasteiger partial charge on any atom is 0.226 e. The smallest absolute Gasteiger partial charge is 0.226 e. The molecule has 0 fully saturated rings. The fraction of sp³-hybridized carbons (Fsp3) is 0.500. The number of nitrogens with two attached hydrogens (primary N) is 1. The van der Waals surface area contributed by atoms with Crippen LogP contribution in [0.15, 0.2) is 9.90 Å². The zero-order valence-electron chi connectivity index (χ0n) is 9.30. The molecule has 0 aromatic carbocycles. The van der Waals surface area contributed by atoms with Gasteiger partial charge in [0, 0.05) is 11.8 Å². The molecular formula is C10H14N4OS. The van der Waals surface area contributed by atoms with Crippen molar-refractivity contribution in [3.05, 3.63) is 27.8 Å². The summed E-state index contributed by atoms with van der Waals surface area (Å²) in [7, 11) is 0. The first kappa shape index (κ1) is 11.2. The Hall–Kier alpha value is -1.27. The van der Waals surface area contributed by atoms with Crippen molar-refractivity contribution in [1.29, 1.82) is 0 Å². The normalized spacial score (nSPS) is 12.9. The van der Waals surface area contributed by atoms with Crippen LogP contribution in [0.5, 0.6) is 0 Å². The fourth-order valence-electron chi connectivity index (χ4n) is 1.37. The van der Waals surface area contributed by atoms with Crippen molar-refractivity contribution in [3.63, 3.8) is 0 Å². The molecular weight excluding hydrogens is 224 g/mol. The van der Waals surface area contributed by atoms with Crippen LogP contribution < -0.4 is 5.73 Å². The predicted octanol–water partition coefficient (Wildman–Crippen LogP) is 1.84. The minimum Gasteiger partial charge on any atom is -0.339 e. The van der Waals surface area contributed by atoms with Gasteiger partial charge in [-0.1, -0.05) is 12.1 Å². The molecule has 0 aliphatic heterocycles. The molecule has 16 heavy (non-hydrogen) atoms. The molecule has 86 valence electrons. The quantitative estimate of drug-likeness (QED) is 0.879. The van der Waals surface area contributed by atoms with Crippen LogP contribution in [0.3, 0.4) is 0 Å². The largest absolute Gasteiger partial charge is 0.339 e. The highest BCUT2D eigenvalue weighted by molar-refractivity contribution is 7.09. The van der Waals surface area contributed by atoms with Gasteiger partial charge in [-0.05, 0) is 13.3 Å². The van der Waals surface area contributed by atoms with Gasteiger partial charge in [0.15, 0.2) is 5.82 Å². The lowest BCUT2D eigenvalue weighted by Gasteiger charge is -2.01. The van der Waals surface area contributed by atoms with Gasteiger partial charge in [-0.2, -0.15) is 4.98 Å². The minimum absolute atomic E-state index is 0.390. The maximum atomic E-state index is 6.00. The van der Waals surface area contributed by atoms with Crippen LogP contribution in [0.1, 0.15) is 41.8 Å². The summed E-state index contributed by atoms with van der Waals surface area (Å²) in [4.78, 5) is 8.56. The standard InChI is InChI=1S/C10H14N4OS/c1-3-4-8-13-10(14-15-8)9(11)7-5-16-6(2)12-7/h5,9H,3-4,11H2,1-2H3. The third kappa shape index (κ3) is 2.28. The van der Waals surface area contributed by atoms with Gasteiger partial charge < -0.3 is 10.3 Å². The van der Waals surface area contributed by atoms with Crippen molar-refractivity contribution in [2.24, 2.45) is 5.73 Å². The van der Waals surface area contributed by atoms with Gasteiger partial charge in [0.1, 0.15) is 6.04 Å². The van der Waals surface area contributed by atoms with Gasteiger partial charge in [0.05, 0.1) is 10.7 Å². The molecule has 2 heterocycles. The van der Waals surface area contributed by atoms with Gasteiger partial charge in [-0.3, -0.25) is 0 Å². The zero-order valence-corrected chi connectivity index (χ0v) is 10.1. The first-order chi connectivity index (χ1) is 7.70. The molecule has 2 N–H and O–H groups in total. The van der Waals surface area contributed by atoms with Gasteiger partial charge in [-0.25, -0.2) is 4.98 Å². The van der Waals surface area contributed by atoms with Gasteiger partial charge in [0.2, 0.25) is 5.89 Å². The number of aromatic nitrogens is 3. The molecule has 0 aliphatic carbocycles. The third-order valence-corrected chi connectivity index (χ3v) is 2.97. The van der Waals surface area contributed by atoms with Crippen LogP contribution >= 0.6 is 11.3 Å². The van der Waals surface area contributed by atoms with Crippen LogP contribution in [-0.4, -0.2) is 15.1 Å². The molecule has 2 rings (SSSR count). The first-order valence-corrected chi connectivity index (χ1v) is 6.08. The second-order valence-corrected chi connectivity index (χ2v) is 4.63. The van der Waals surface area contributed by atoms with Crippen molar-refractivity contribution in [2.75, 3.05) is 0 Å². The Kier molecular flexibility index (Phi) is 3.31. The number of nitrogens with zero attached hydrogens (tertiary/aromatic N) is 3. The summed E-state index contributed by atoms with van der Waals surface area (Å²) in [6.45, 7) is 4.01. The van der Waals surface area contributed by atoms with Crippen molar-refractivity contribution in [3.8, 4) is 0 Å². The van der Waals surface area contributed by atoms with Crippen molar-refractivity contribution in [1.82, 2.24) is 15.1 Å². The second-order valence-electron chi connectivity index (χ2n) is 3.57. The molecule has 0 saturated carbocycles. The summed E-state index contributed by atoms with van der Waals surface area (Å²) in [5.74, 6) is 1.15. The SMILES string of the molecule is CCCc1nc(C(N)c2csc(C)n2)no1. The third-order valence-electron chi connectivity index (χ3n) is 2.18. The van der Waals surface area contributed by atoms with E-state index >= 15 is 0 Å². The zero-order chi connectivity index (χ0) is 11.5. The Bertz CT molecular complexity index is 465. The number of thiazole rings is 1. The van der Waals surface area contributed by atoms with E-state index in [4.69, 9.17) is 10.3 Å². The Labute approximate surface area is 97.7 Å². The molecule has 0 saturated heterocycles. The summed E-state index contributed by atoms with van der Waals surface area (Å²) >= 11 is 1.57. The summed E-state index contributed by atoms with van der Waals surface area (Å²) in [5, 5.41) is 6.79. The van der Waals surface area contributed by atoms with Crippen LogP contribution in [0.25, 0.3) is 0 Å². The molecule has 6 heteroatoms. The van der Waals surface area contributed by atoms with E-state index in [1.54, 1.807) is 11.3 Å². The summed E-state index contributed by atoms with van der Waals surface area (Å²) in [6.07, 6.45) is 1.77. The average Bonchev–Trinajstić information content (AvgIpc) is 2.87. The van der Waals surface area contributed by atoms with E-state index in [0.717, 1.165) is 23.5 Å². The Balaban J connectivity index is 2.17. The Morgan fingerprint density at radius 1 is 1.50 bits per heavy atom. The highest BCUT2D eigenvalue weighted by Gasteiger charge is 2.18. The maximum absolute atomic E-state index is 6.00. The molecule has 1 unspecified atom stereocenters. The number of hydrogen-bond donors (Lipinski definition) is 1. The average molecular weight is 238 g/mol. The molecule has 2 aromatic heterocycles. The highest BCUT2D eigenvalue weighted by Crippen LogP contribution is 2.19. The van der Waals surface area contributed by atoms with Crippen LogP contribution in [-0.2, 0) is 6.42 Å². The fourth-order valence-corrected chi connectivity index (χ4v) is 2.01. The molecule has 5 nitrogen and oxygen atoms in total. The van der Waals surface area contributed by atoms with E-state index in [2.05, 4.69) is 22.0 Å². The van der Waals surface area contributed by atoms with Crippen molar-refractivity contribution in [2.45, 2.75) is 32.7 Å². The number of rotatable bonds is 4. The monoisotopic (exact) mass is 238 g/mol. The molecule has 0 radical (unpaired) electrons. The molecule has 2 aromatic rings. The summed E-state index contributed by atoms with van der Waals surface area (Å²) in [6, 6.07) is -0.390. The van der Waals surface area contributed by atoms with E-state index < -0.39 is 0 Å². The molecule has 1 atom stereocenters. The first-order valence-electron chi connectivity index (χ1n) is 5.20. The highest BCUT2D eigenvalue weighted by atomic mass is 32.1. The van der Waals surface area contributed by atoms with E-state index in [0.29, 0.717) is 11.7 Å². The number of hydrogen-bond acceptors (Lipinski definition) is 6. The van der Waals surface area contributed by atoms with E-state index in [1.165, 1.54) is 0 Å². The topological polar surface area (TPSA) is 77.8 Å². The van der Waals surface area contributed by atoms with Gasteiger partial charge in [0.25, 0.3) is 0 Å².